The first-order chi connectivity index (χ1) is 3.27. The lowest BCUT2D eigenvalue weighted by Crippen LogP contribution is -2.08. The average molecular weight is 175 g/mol. The lowest BCUT2D eigenvalue weighted by atomic mass is 9.84. The molecular weight excluding hydrogens is 162 g/mol. The summed E-state index contributed by atoms with van der Waals surface area (Å²) in [6.07, 6.45) is 2.44. The van der Waals surface area contributed by atoms with Crippen LogP contribution in [0.3, 0.4) is 0 Å². The van der Waals surface area contributed by atoms with Crippen LogP contribution in [0.1, 0.15) is 19.8 Å². The van der Waals surface area contributed by atoms with Gasteiger partial charge in [-0.05, 0) is 6.32 Å². The van der Waals surface area contributed by atoms with E-state index in [0.717, 1.165) is 12.8 Å². The van der Waals surface area contributed by atoms with E-state index in [-0.39, 0.29) is 24.8 Å². The maximum atomic E-state index is 8.24. The van der Waals surface area contributed by atoms with E-state index in [1.54, 1.807) is 0 Å². The number of hydrogen-bond donors (Lipinski definition) is 2. The van der Waals surface area contributed by atoms with Crippen molar-refractivity contribution in [1.82, 2.24) is 0 Å². The Morgan fingerprint density at radius 2 is 1.67 bits per heavy atom. The van der Waals surface area contributed by atoms with E-state index in [4.69, 9.17) is 10.0 Å². The smallest absolute Gasteiger partial charge is 0.427 e. The van der Waals surface area contributed by atoms with Crippen LogP contribution < -0.4 is 0 Å². The van der Waals surface area contributed by atoms with Gasteiger partial charge in [0.25, 0.3) is 0 Å². The van der Waals surface area contributed by atoms with Crippen molar-refractivity contribution in [3.63, 3.8) is 0 Å². The van der Waals surface area contributed by atoms with Crippen molar-refractivity contribution < 1.29 is 10.0 Å². The molecule has 58 valence electrons. The SMILES string of the molecule is CCCCB(O)O.Cl.Cl. The number of rotatable bonds is 3. The Kier molecular flexibility index (Phi) is 20.6. The zero-order valence-electron chi connectivity index (χ0n) is 5.41. The third-order valence-electron chi connectivity index (χ3n) is 0.816. The second-order valence-corrected chi connectivity index (χ2v) is 1.62. The van der Waals surface area contributed by atoms with Crippen LogP contribution in [0.25, 0.3) is 0 Å². The summed E-state index contributed by atoms with van der Waals surface area (Å²) in [7, 11) is -1.10. The summed E-state index contributed by atoms with van der Waals surface area (Å²) in [5.41, 5.74) is 0. The highest BCUT2D eigenvalue weighted by Gasteiger charge is 2.02. The molecule has 9 heavy (non-hydrogen) atoms. The zero-order chi connectivity index (χ0) is 5.70. The summed E-state index contributed by atoms with van der Waals surface area (Å²) in [6, 6.07) is 0. The number of hydrogen-bond acceptors (Lipinski definition) is 2. The largest absolute Gasteiger partial charge is 0.451 e. The molecule has 5 heteroatoms. The van der Waals surface area contributed by atoms with Crippen LogP contribution in [-0.2, 0) is 0 Å². The van der Waals surface area contributed by atoms with Crippen LogP contribution in [0.2, 0.25) is 6.32 Å². The monoisotopic (exact) mass is 174 g/mol. The second-order valence-electron chi connectivity index (χ2n) is 1.62. The highest BCUT2D eigenvalue weighted by atomic mass is 35.5. The first-order valence-electron chi connectivity index (χ1n) is 2.63. The van der Waals surface area contributed by atoms with Crippen LogP contribution in [0.4, 0.5) is 0 Å². The molecular formula is C4H13BCl2O2. The van der Waals surface area contributed by atoms with Crippen LogP contribution in [0.15, 0.2) is 0 Å². The number of unbranched alkanes of at least 4 members (excludes halogenated alkanes) is 1. The van der Waals surface area contributed by atoms with Crippen molar-refractivity contribution in [1.29, 1.82) is 0 Å². The molecule has 0 aliphatic heterocycles. The van der Waals surface area contributed by atoms with E-state index < -0.39 is 7.12 Å². The van der Waals surface area contributed by atoms with Gasteiger partial charge in [-0.2, -0.15) is 0 Å². The Hall–Kier alpha value is 0.565. The van der Waals surface area contributed by atoms with Gasteiger partial charge in [0.15, 0.2) is 0 Å². The molecule has 0 saturated carbocycles. The van der Waals surface area contributed by atoms with Gasteiger partial charge in [0.05, 0.1) is 0 Å². The third-order valence-corrected chi connectivity index (χ3v) is 0.816. The first kappa shape index (κ1) is 16.3. The molecule has 0 aromatic carbocycles. The second kappa shape index (κ2) is 11.4. The van der Waals surface area contributed by atoms with E-state index in [2.05, 4.69) is 0 Å². The number of halogens is 2. The quantitative estimate of drug-likeness (QED) is 0.630. The molecule has 2 nitrogen and oxygen atoms in total. The van der Waals surface area contributed by atoms with Gasteiger partial charge in [-0.3, -0.25) is 0 Å². The average Bonchev–Trinajstić information content (AvgIpc) is 1.61. The summed E-state index contributed by atoms with van der Waals surface area (Å²) in [5.74, 6) is 0. The predicted molar refractivity (Wildman–Crippen MR) is 44.4 cm³/mol. The molecule has 0 heterocycles. The first-order valence-corrected chi connectivity index (χ1v) is 2.63. The molecule has 0 bridgehead atoms. The summed E-state index contributed by atoms with van der Waals surface area (Å²) < 4.78 is 0. The van der Waals surface area contributed by atoms with E-state index in [1.807, 2.05) is 6.92 Å². The Morgan fingerprint density at radius 3 is 1.78 bits per heavy atom. The minimum absolute atomic E-state index is 0. The highest BCUT2D eigenvalue weighted by molar-refractivity contribution is 6.40. The molecule has 0 aromatic heterocycles. The van der Waals surface area contributed by atoms with Crippen molar-refractivity contribution in [3.8, 4) is 0 Å². The lowest BCUT2D eigenvalue weighted by Gasteiger charge is -1.91. The van der Waals surface area contributed by atoms with Crippen LogP contribution in [0, 0.1) is 0 Å². The molecule has 0 aliphatic rings. The molecule has 0 spiro atoms. The minimum Gasteiger partial charge on any atom is -0.427 e. The predicted octanol–water partition coefficient (Wildman–Crippen LogP) is 1.10. The molecule has 2 N–H and O–H groups in total. The molecule has 0 saturated heterocycles. The summed E-state index contributed by atoms with van der Waals surface area (Å²) >= 11 is 0. The molecule has 0 rings (SSSR count). The van der Waals surface area contributed by atoms with Gasteiger partial charge in [-0.15, -0.1) is 24.8 Å². The van der Waals surface area contributed by atoms with Crippen LogP contribution in [-0.4, -0.2) is 17.2 Å². The van der Waals surface area contributed by atoms with E-state index in [1.165, 1.54) is 0 Å². The molecule has 0 aliphatic carbocycles. The Labute approximate surface area is 68.6 Å². The summed E-state index contributed by atoms with van der Waals surface area (Å²) in [5, 5.41) is 16.5. The van der Waals surface area contributed by atoms with Crippen molar-refractivity contribution >= 4 is 31.9 Å². The van der Waals surface area contributed by atoms with Crippen molar-refractivity contribution in [2.45, 2.75) is 26.1 Å². The third kappa shape index (κ3) is 17.7. The highest BCUT2D eigenvalue weighted by Crippen LogP contribution is 1.94. The maximum absolute atomic E-state index is 8.24. The summed E-state index contributed by atoms with van der Waals surface area (Å²) in [4.78, 5) is 0. The van der Waals surface area contributed by atoms with Gasteiger partial charge in [-0.25, -0.2) is 0 Å². The molecule has 0 radical (unpaired) electrons. The fourth-order valence-electron chi connectivity index (χ4n) is 0.387. The standard InChI is InChI=1S/C4H11BO2.2ClH/c1-2-3-4-5(6)7;;/h6-7H,2-4H2,1H3;2*1H. The minimum atomic E-state index is -1.10. The fraction of sp³-hybridized carbons (Fsp3) is 1.00. The topological polar surface area (TPSA) is 40.5 Å². The molecule has 0 aromatic rings. The molecule has 0 atom stereocenters. The van der Waals surface area contributed by atoms with Gasteiger partial charge in [0.1, 0.15) is 0 Å². The Balaban J connectivity index is -0.000000180. The summed E-state index contributed by atoms with van der Waals surface area (Å²) in [6.45, 7) is 2.02. The Bertz CT molecular complexity index is 45.5. The van der Waals surface area contributed by atoms with Crippen molar-refractivity contribution in [2.75, 3.05) is 0 Å². The lowest BCUT2D eigenvalue weighted by molar-refractivity contribution is 0.403. The van der Waals surface area contributed by atoms with Crippen molar-refractivity contribution in [3.05, 3.63) is 0 Å². The molecule has 0 amide bonds. The van der Waals surface area contributed by atoms with Gasteiger partial charge in [-0.1, -0.05) is 19.8 Å². The molecule has 0 unspecified atom stereocenters. The van der Waals surface area contributed by atoms with E-state index in [0.29, 0.717) is 6.32 Å². The Morgan fingerprint density at radius 1 is 1.22 bits per heavy atom. The maximum Gasteiger partial charge on any atom is 0.451 e. The van der Waals surface area contributed by atoms with Crippen molar-refractivity contribution in [2.24, 2.45) is 0 Å². The van der Waals surface area contributed by atoms with Gasteiger partial charge < -0.3 is 10.0 Å². The zero-order valence-corrected chi connectivity index (χ0v) is 7.04. The van der Waals surface area contributed by atoms with E-state index >= 15 is 0 Å². The van der Waals surface area contributed by atoms with Gasteiger partial charge in [0, 0.05) is 0 Å². The van der Waals surface area contributed by atoms with E-state index in [9.17, 15) is 0 Å². The van der Waals surface area contributed by atoms with Gasteiger partial charge >= 0.3 is 7.12 Å². The van der Waals surface area contributed by atoms with Crippen LogP contribution in [0.5, 0.6) is 0 Å². The fourth-order valence-corrected chi connectivity index (χ4v) is 0.387. The normalized spacial score (nSPS) is 7.00. The molecule has 0 fully saturated rings. The van der Waals surface area contributed by atoms with Gasteiger partial charge in [0.2, 0.25) is 0 Å². The van der Waals surface area contributed by atoms with Crippen LogP contribution >= 0.6 is 24.8 Å².